The van der Waals surface area contributed by atoms with E-state index in [4.69, 9.17) is 25.6 Å². The summed E-state index contributed by atoms with van der Waals surface area (Å²) in [5, 5.41) is 11.5. The van der Waals surface area contributed by atoms with E-state index in [2.05, 4.69) is 25.7 Å². The Bertz CT molecular complexity index is 2270. The highest BCUT2D eigenvalue weighted by atomic mass is 19.3. The zero-order valence-electron chi connectivity index (χ0n) is 30.5. The molecule has 1 spiro atoms. The first-order chi connectivity index (χ1) is 26.3. The van der Waals surface area contributed by atoms with Gasteiger partial charge in [0.25, 0.3) is 5.92 Å². The molecule has 5 aliphatic rings. The van der Waals surface area contributed by atoms with E-state index < -0.39 is 34.7 Å². The van der Waals surface area contributed by atoms with E-state index in [0.29, 0.717) is 55.6 Å². The van der Waals surface area contributed by atoms with Gasteiger partial charge in [0.1, 0.15) is 41.9 Å². The summed E-state index contributed by atoms with van der Waals surface area (Å²) < 4.78 is 78.2. The van der Waals surface area contributed by atoms with Crippen molar-refractivity contribution >= 4 is 33.6 Å². The summed E-state index contributed by atoms with van der Waals surface area (Å²) in [7, 11) is 0. The predicted molar refractivity (Wildman–Crippen MR) is 194 cm³/mol. The van der Waals surface area contributed by atoms with Crippen molar-refractivity contribution < 1.29 is 41.7 Å². The van der Waals surface area contributed by atoms with Crippen LogP contribution in [0.2, 0.25) is 0 Å². The molecule has 1 aliphatic carbocycles. The van der Waals surface area contributed by atoms with Crippen LogP contribution in [0, 0.1) is 29.4 Å². The number of alkyl halides is 2. The van der Waals surface area contributed by atoms with Crippen LogP contribution in [-0.4, -0.2) is 105 Å². The van der Waals surface area contributed by atoms with Gasteiger partial charge in [0.15, 0.2) is 5.82 Å². The SMILES string of the molecule is C#Cc1c(F)ccc2cc(O)cc(-c3ncc4c(N5CC6CCC(C5)N6COC(=O)OC(C)C)nc(OC[C@@]56CCCN5C[C@@]5(CC5(F)F)C6)nc4c3F)c12. The molecule has 9 rings (SSSR count). The number of halogens is 4. The normalized spacial score (nSPS) is 26.9. The average Bonchev–Trinajstić information content (AvgIpc) is 3.38. The number of anilines is 1. The molecule has 15 heteroatoms. The number of terminal acetylenes is 1. The topological polar surface area (TPSA) is 113 Å². The molecule has 11 nitrogen and oxygen atoms in total. The Morgan fingerprint density at radius 1 is 1.13 bits per heavy atom. The van der Waals surface area contributed by atoms with E-state index in [1.54, 1.807) is 13.8 Å². The van der Waals surface area contributed by atoms with Gasteiger partial charge in [0, 0.05) is 55.3 Å². The Morgan fingerprint density at radius 3 is 2.60 bits per heavy atom. The number of carbonyl (C=O) groups excluding carboxylic acids is 1. The average molecular weight is 761 g/mol. The second-order valence-electron chi connectivity index (χ2n) is 16.0. The highest BCUT2D eigenvalue weighted by Gasteiger charge is 2.77. The molecule has 4 aromatic rings. The molecule has 0 radical (unpaired) electrons. The lowest BCUT2D eigenvalue weighted by Crippen LogP contribution is -2.54. The van der Waals surface area contributed by atoms with Gasteiger partial charge < -0.3 is 24.2 Å². The van der Waals surface area contributed by atoms with E-state index >= 15 is 4.39 Å². The van der Waals surface area contributed by atoms with Crippen LogP contribution in [0.5, 0.6) is 11.8 Å². The Labute approximate surface area is 314 Å². The standard InChI is InChI=1S/C40H40F4N6O5/c1-4-27-30(41)9-6-23-12-26(51)13-28(31(23)27)33-32(42)34-29(14-45-33)35(48-15-24-7-8-25(16-48)50(24)21-54-37(52)55-22(2)3)47-36(46-34)53-20-39-10-5-11-49(39)19-38(17-39)18-40(38,43)44/h1,6,9,12-14,22,24-25,51H,5,7-8,10-11,15-21H2,2-3H3/t24?,25?,38-,39-/m0/s1. The minimum absolute atomic E-state index is 0.0198. The van der Waals surface area contributed by atoms with Crippen molar-refractivity contribution in [2.45, 2.75) is 82.0 Å². The number of carbonyl (C=O) groups is 1. The number of phenolic OH excluding ortho intramolecular Hbond substituents is 1. The van der Waals surface area contributed by atoms with Crippen molar-refractivity contribution in [2.24, 2.45) is 5.41 Å². The lowest BCUT2D eigenvalue weighted by atomic mass is 9.89. The van der Waals surface area contributed by atoms with Gasteiger partial charge in [-0.15, -0.1) is 6.42 Å². The molecule has 2 aromatic heterocycles. The van der Waals surface area contributed by atoms with Crippen LogP contribution in [0.3, 0.4) is 0 Å². The highest BCUT2D eigenvalue weighted by Crippen LogP contribution is 2.69. The van der Waals surface area contributed by atoms with Crippen LogP contribution in [-0.2, 0) is 9.47 Å². The monoisotopic (exact) mass is 760 g/mol. The fourth-order valence-electron chi connectivity index (χ4n) is 9.65. The third kappa shape index (κ3) is 5.87. The van der Waals surface area contributed by atoms with Crippen LogP contribution in [0.25, 0.3) is 32.9 Å². The Balaban J connectivity index is 1.10. The summed E-state index contributed by atoms with van der Waals surface area (Å²) in [5.41, 5.74) is -2.02. The van der Waals surface area contributed by atoms with Crippen LogP contribution in [0.15, 0.2) is 30.5 Å². The number of hydrogen-bond acceptors (Lipinski definition) is 11. The molecule has 5 fully saturated rings. The number of benzene rings is 2. The molecule has 4 atom stereocenters. The van der Waals surface area contributed by atoms with Crippen molar-refractivity contribution in [1.29, 1.82) is 0 Å². The maximum Gasteiger partial charge on any atom is 0.509 e. The molecular weight excluding hydrogens is 720 g/mol. The molecule has 6 heterocycles. The molecule has 2 bridgehead atoms. The van der Waals surface area contributed by atoms with Crippen LogP contribution in [0.4, 0.5) is 28.2 Å². The van der Waals surface area contributed by atoms with Crippen LogP contribution >= 0.6 is 0 Å². The quantitative estimate of drug-likeness (QED) is 0.119. The smallest absolute Gasteiger partial charge is 0.508 e. The van der Waals surface area contributed by atoms with Gasteiger partial charge in [0.2, 0.25) is 0 Å². The van der Waals surface area contributed by atoms with E-state index in [0.717, 1.165) is 19.3 Å². The number of aromatic nitrogens is 3. The van der Waals surface area contributed by atoms with Crippen LogP contribution in [0.1, 0.15) is 57.9 Å². The number of piperazine rings is 1. The minimum Gasteiger partial charge on any atom is -0.508 e. The van der Waals surface area contributed by atoms with Gasteiger partial charge in [-0.1, -0.05) is 12.0 Å². The second-order valence-corrected chi connectivity index (χ2v) is 16.0. The number of rotatable bonds is 8. The first-order valence-corrected chi connectivity index (χ1v) is 18.7. The molecular formula is C40H40F4N6O5. The minimum atomic E-state index is -2.71. The highest BCUT2D eigenvalue weighted by molar-refractivity contribution is 6.03. The summed E-state index contributed by atoms with van der Waals surface area (Å²) in [6.07, 6.45) is 9.46. The van der Waals surface area contributed by atoms with Crippen molar-refractivity contribution in [3.8, 4) is 35.4 Å². The van der Waals surface area contributed by atoms with Crippen LogP contribution < -0.4 is 9.64 Å². The van der Waals surface area contributed by atoms with Gasteiger partial charge in [-0.25, -0.2) is 22.4 Å². The summed E-state index contributed by atoms with van der Waals surface area (Å²) in [4.78, 5) is 32.3. The number of ether oxygens (including phenoxy) is 3. The molecule has 2 aromatic carbocycles. The zero-order chi connectivity index (χ0) is 38.4. The molecule has 4 saturated heterocycles. The molecule has 1 N–H and O–H groups in total. The van der Waals surface area contributed by atoms with E-state index in [9.17, 15) is 23.1 Å². The largest absolute Gasteiger partial charge is 0.509 e. The molecule has 1 saturated carbocycles. The zero-order valence-corrected chi connectivity index (χ0v) is 30.5. The van der Waals surface area contributed by atoms with Crippen molar-refractivity contribution in [3.05, 3.63) is 47.7 Å². The third-order valence-electron chi connectivity index (χ3n) is 12.3. The molecule has 0 amide bonds. The number of aromatic hydroxyl groups is 1. The van der Waals surface area contributed by atoms with Gasteiger partial charge in [-0.3, -0.25) is 14.8 Å². The number of nitrogens with zero attached hydrogens (tertiary/aromatic N) is 6. The van der Waals surface area contributed by atoms with E-state index in [1.807, 2.05) is 4.90 Å². The lowest BCUT2D eigenvalue weighted by molar-refractivity contribution is -0.0178. The van der Waals surface area contributed by atoms with Gasteiger partial charge in [0.05, 0.1) is 28.0 Å². The fraction of sp³-hybridized carbons (Fsp3) is 0.500. The number of pyridine rings is 1. The van der Waals surface area contributed by atoms with Crippen molar-refractivity contribution in [2.75, 3.05) is 44.4 Å². The molecule has 288 valence electrons. The number of fused-ring (bicyclic) bond motifs is 5. The first kappa shape index (κ1) is 35.7. The summed E-state index contributed by atoms with van der Waals surface area (Å²) in [5.74, 6) is -1.71. The van der Waals surface area contributed by atoms with E-state index in [1.165, 1.54) is 30.5 Å². The Hall–Kier alpha value is -4.94. The summed E-state index contributed by atoms with van der Waals surface area (Å²) >= 11 is 0. The number of phenols is 1. The summed E-state index contributed by atoms with van der Waals surface area (Å²) in [6.45, 7) is 5.53. The maximum absolute atomic E-state index is 17.1. The third-order valence-corrected chi connectivity index (χ3v) is 12.3. The molecule has 55 heavy (non-hydrogen) atoms. The second kappa shape index (κ2) is 12.8. The first-order valence-electron chi connectivity index (χ1n) is 18.7. The number of hydrogen-bond donors (Lipinski definition) is 1. The van der Waals surface area contributed by atoms with Crippen molar-refractivity contribution in [3.63, 3.8) is 0 Å². The Kier molecular flexibility index (Phi) is 8.32. The van der Waals surface area contributed by atoms with Gasteiger partial charge in [-0.05, 0) is 76.1 Å². The summed E-state index contributed by atoms with van der Waals surface area (Å²) in [6, 6.07) is 5.17. The maximum atomic E-state index is 17.1. The predicted octanol–water partition coefficient (Wildman–Crippen LogP) is 6.62. The van der Waals surface area contributed by atoms with Crippen molar-refractivity contribution in [1.82, 2.24) is 24.8 Å². The van der Waals surface area contributed by atoms with Gasteiger partial charge in [-0.2, -0.15) is 9.97 Å². The van der Waals surface area contributed by atoms with E-state index in [-0.39, 0.29) is 77.4 Å². The molecule has 4 aliphatic heterocycles. The fourth-order valence-corrected chi connectivity index (χ4v) is 9.65. The molecule has 2 unspecified atom stereocenters. The Morgan fingerprint density at radius 2 is 1.89 bits per heavy atom. The van der Waals surface area contributed by atoms with Gasteiger partial charge >= 0.3 is 12.2 Å². The lowest BCUT2D eigenvalue weighted by Gasteiger charge is -2.41.